The predicted octanol–water partition coefficient (Wildman–Crippen LogP) is 3.52. The molecule has 1 saturated heterocycles. The van der Waals surface area contributed by atoms with E-state index >= 15 is 0 Å². The zero-order valence-electron chi connectivity index (χ0n) is 23.5. The Labute approximate surface area is 250 Å². The van der Waals surface area contributed by atoms with Crippen molar-refractivity contribution in [2.45, 2.75) is 49.6 Å². The van der Waals surface area contributed by atoms with Crippen molar-refractivity contribution < 1.29 is 13.5 Å². The van der Waals surface area contributed by atoms with Gasteiger partial charge in [0.25, 0.3) is 0 Å². The molecule has 5 N–H and O–H groups in total. The van der Waals surface area contributed by atoms with E-state index < -0.39 is 15.6 Å². The number of hydrogen-bond acceptors (Lipinski definition) is 11. The number of rotatable bonds is 14. The molecule has 222 valence electrons. The highest BCUT2D eigenvalue weighted by Crippen LogP contribution is 2.30. The molecule has 0 amide bonds. The van der Waals surface area contributed by atoms with E-state index in [2.05, 4.69) is 37.6 Å². The van der Waals surface area contributed by atoms with Crippen LogP contribution < -0.4 is 20.7 Å². The van der Waals surface area contributed by atoms with Crippen molar-refractivity contribution in [1.82, 2.24) is 30.0 Å². The zero-order valence-corrected chi connectivity index (χ0v) is 25.1. The Bertz CT molecular complexity index is 1560. The molecule has 1 fully saturated rings. The molecule has 13 heteroatoms. The third-order valence-electron chi connectivity index (χ3n) is 7.04. The third-order valence-corrected chi connectivity index (χ3v) is 9.40. The first kappa shape index (κ1) is 30.0. The van der Waals surface area contributed by atoms with Gasteiger partial charge < -0.3 is 21.1 Å². The van der Waals surface area contributed by atoms with Gasteiger partial charge in [-0.1, -0.05) is 55.8 Å². The van der Waals surface area contributed by atoms with Crippen LogP contribution in [0.2, 0.25) is 0 Å². The largest absolute Gasteiger partial charge is 0.395 e. The highest BCUT2D eigenvalue weighted by Gasteiger charge is 2.40. The van der Waals surface area contributed by atoms with Crippen molar-refractivity contribution in [2.75, 3.05) is 36.9 Å². The minimum absolute atomic E-state index is 0.0709. The van der Waals surface area contributed by atoms with Crippen LogP contribution in [0.15, 0.2) is 64.9 Å². The summed E-state index contributed by atoms with van der Waals surface area (Å²) in [6.07, 6.45) is 3.37. The summed E-state index contributed by atoms with van der Waals surface area (Å²) in [5.74, 6) is 1.04. The van der Waals surface area contributed by atoms with E-state index in [9.17, 15) is 13.5 Å². The summed E-state index contributed by atoms with van der Waals surface area (Å²) in [5.41, 5.74) is 2.18. The first-order valence-corrected chi connectivity index (χ1v) is 16.5. The number of thiazole rings is 1. The fraction of sp³-hybridized carbons (Fsp3) is 0.379. The quantitative estimate of drug-likeness (QED) is 0.144. The van der Waals surface area contributed by atoms with Crippen LogP contribution in [0.4, 0.5) is 11.9 Å². The molecule has 1 aliphatic rings. The lowest BCUT2D eigenvalue weighted by atomic mass is 9.97. The molecule has 11 nitrogen and oxygen atoms in total. The van der Waals surface area contributed by atoms with Gasteiger partial charge in [0.15, 0.2) is 5.82 Å². The molecule has 0 saturated carbocycles. The van der Waals surface area contributed by atoms with E-state index in [-0.39, 0.29) is 24.6 Å². The molecular formula is C29H36N8O3S2. The maximum absolute atomic E-state index is 13.2. The molecule has 0 radical (unpaired) electrons. The topological polar surface area (TPSA) is 154 Å². The van der Waals surface area contributed by atoms with Crippen LogP contribution in [0, 0.1) is 0 Å². The van der Waals surface area contributed by atoms with Gasteiger partial charge in [0, 0.05) is 24.0 Å². The molecule has 4 aromatic rings. The van der Waals surface area contributed by atoms with Crippen molar-refractivity contribution in [3.63, 3.8) is 0 Å². The number of benzene rings is 2. The number of nitrogens with zero attached hydrogens (tertiary/aromatic N) is 4. The average molecular weight is 609 g/mol. The molecule has 42 heavy (non-hydrogen) atoms. The summed E-state index contributed by atoms with van der Waals surface area (Å²) in [4.78, 5) is 18.8. The van der Waals surface area contributed by atoms with Gasteiger partial charge in [0.1, 0.15) is 5.01 Å². The molecular weight excluding hydrogens is 573 g/mol. The van der Waals surface area contributed by atoms with Crippen molar-refractivity contribution in [2.24, 2.45) is 0 Å². The molecule has 3 heterocycles. The van der Waals surface area contributed by atoms with E-state index in [1.54, 1.807) is 23.5 Å². The third kappa shape index (κ3) is 7.28. The van der Waals surface area contributed by atoms with Crippen molar-refractivity contribution in [3.8, 4) is 10.6 Å². The maximum atomic E-state index is 13.2. The number of aliphatic hydroxyl groups is 1. The molecule has 0 bridgehead atoms. The number of hydrogen-bond donors (Lipinski definition) is 5. The predicted molar refractivity (Wildman–Crippen MR) is 165 cm³/mol. The number of sulfonamides is 1. The van der Waals surface area contributed by atoms with Gasteiger partial charge in [-0.2, -0.15) is 15.0 Å². The van der Waals surface area contributed by atoms with Gasteiger partial charge in [0.2, 0.25) is 21.9 Å². The minimum atomic E-state index is -3.76. The lowest BCUT2D eigenvalue weighted by molar-refractivity contribution is 0.310. The monoisotopic (exact) mass is 608 g/mol. The number of aromatic nitrogens is 4. The summed E-state index contributed by atoms with van der Waals surface area (Å²) in [6.45, 7) is 3.42. The van der Waals surface area contributed by atoms with Crippen LogP contribution in [0.3, 0.4) is 0 Å². The smallest absolute Gasteiger partial charge is 0.240 e. The first-order valence-electron chi connectivity index (χ1n) is 14.1. The Morgan fingerprint density at radius 1 is 1.00 bits per heavy atom. The summed E-state index contributed by atoms with van der Waals surface area (Å²) >= 11 is 1.57. The fourth-order valence-corrected chi connectivity index (χ4v) is 6.76. The van der Waals surface area contributed by atoms with E-state index in [0.717, 1.165) is 41.1 Å². The Balaban J connectivity index is 1.35. The van der Waals surface area contributed by atoms with Gasteiger partial charge in [-0.15, -0.1) is 11.3 Å². The standard InChI is InChI=1S/C29H36N8O3S2/c1-2-7-21-10-12-24(13-11-21)42(39,40)33-20-29(14-6-15-32-29)26-35-27(30-16-17-38)37-28(36-26)31-18-23-19-41-25(34-23)22-8-4-3-5-9-22/h3-5,8-13,19,32-33,38H,2,6-7,14-18,20H2,1H3,(H2,30,31,35,36,37)/t29-/m1/s1. The lowest BCUT2D eigenvalue weighted by Gasteiger charge is -2.28. The normalized spacial score (nSPS) is 16.9. The van der Waals surface area contributed by atoms with Crippen molar-refractivity contribution >= 4 is 33.3 Å². The maximum Gasteiger partial charge on any atom is 0.240 e. The summed E-state index contributed by atoms with van der Waals surface area (Å²) < 4.78 is 29.2. The van der Waals surface area contributed by atoms with Crippen molar-refractivity contribution in [1.29, 1.82) is 0 Å². The van der Waals surface area contributed by atoms with Gasteiger partial charge in [-0.05, 0) is 43.5 Å². The van der Waals surface area contributed by atoms with Crippen LogP contribution in [0.25, 0.3) is 10.6 Å². The molecule has 1 atom stereocenters. The van der Waals surface area contributed by atoms with E-state index in [4.69, 9.17) is 9.97 Å². The van der Waals surface area contributed by atoms with E-state index in [1.165, 1.54) is 0 Å². The van der Waals surface area contributed by atoms with Crippen molar-refractivity contribution in [3.05, 3.63) is 77.1 Å². The second-order valence-corrected chi connectivity index (χ2v) is 12.8. The van der Waals surface area contributed by atoms with Crippen LogP contribution in [0.1, 0.15) is 43.3 Å². The first-order chi connectivity index (χ1) is 20.4. The molecule has 0 aliphatic carbocycles. The van der Waals surface area contributed by atoms with Crippen LogP contribution in [0.5, 0.6) is 0 Å². The van der Waals surface area contributed by atoms with E-state index in [1.807, 2.05) is 47.8 Å². The molecule has 2 aromatic carbocycles. The number of anilines is 2. The number of nitrogens with one attached hydrogen (secondary N) is 4. The van der Waals surface area contributed by atoms with Gasteiger partial charge >= 0.3 is 0 Å². The van der Waals surface area contributed by atoms with Gasteiger partial charge in [0.05, 0.1) is 29.3 Å². The van der Waals surface area contributed by atoms with Crippen LogP contribution >= 0.6 is 11.3 Å². The lowest BCUT2D eigenvalue weighted by Crippen LogP contribution is -2.48. The Morgan fingerprint density at radius 3 is 2.45 bits per heavy atom. The Kier molecular flexibility index (Phi) is 9.75. The van der Waals surface area contributed by atoms with Gasteiger partial charge in [-0.3, -0.25) is 0 Å². The summed E-state index contributed by atoms with van der Waals surface area (Å²) in [6, 6.07) is 17.0. The average Bonchev–Trinajstić information content (AvgIpc) is 3.70. The molecule has 0 unspecified atom stereocenters. The second kappa shape index (κ2) is 13.7. The van der Waals surface area contributed by atoms with Crippen LogP contribution in [-0.2, 0) is 28.5 Å². The van der Waals surface area contributed by atoms with Gasteiger partial charge in [-0.25, -0.2) is 18.1 Å². The number of aliphatic hydroxyl groups excluding tert-OH is 1. The molecule has 1 aliphatic heterocycles. The zero-order chi connectivity index (χ0) is 29.4. The van der Waals surface area contributed by atoms with E-state index in [0.29, 0.717) is 37.2 Å². The summed E-state index contributed by atoms with van der Waals surface area (Å²) in [5, 5.41) is 22.0. The highest BCUT2D eigenvalue weighted by molar-refractivity contribution is 7.89. The summed E-state index contributed by atoms with van der Waals surface area (Å²) in [7, 11) is -3.76. The second-order valence-electron chi connectivity index (χ2n) is 10.2. The molecule has 5 rings (SSSR count). The molecule has 2 aromatic heterocycles. The molecule has 0 spiro atoms. The Hall–Kier alpha value is -3.49. The Morgan fingerprint density at radius 2 is 1.76 bits per heavy atom. The van der Waals surface area contributed by atoms with Crippen LogP contribution in [-0.4, -0.2) is 59.7 Å². The number of aryl methyl sites for hydroxylation is 1. The minimum Gasteiger partial charge on any atom is -0.395 e. The highest BCUT2D eigenvalue weighted by atomic mass is 32.2. The SMILES string of the molecule is CCCc1ccc(S(=O)(=O)NC[C@@]2(c3nc(NCCO)nc(NCc4csc(-c5ccccc5)n4)n3)CCCN2)cc1. The fourth-order valence-electron chi connectivity index (χ4n) is 4.84.